The third-order valence-electron chi connectivity index (χ3n) is 2.08. The molecule has 3 nitrogen and oxygen atoms in total. The van der Waals surface area contributed by atoms with Crippen molar-refractivity contribution >= 4 is 0 Å². The van der Waals surface area contributed by atoms with Gasteiger partial charge in [-0.1, -0.05) is 12.1 Å². The topological polar surface area (TPSA) is 59.0 Å². The summed E-state index contributed by atoms with van der Waals surface area (Å²) >= 11 is 0. The molecule has 100 valence electrons. The van der Waals surface area contributed by atoms with Gasteiger partial charge in [0.25, 0.3) is 0 Å². The van der Waals surface area contributed by atoms with Gasteiger partial charge in [0.2, 0.25) is 0 Å². The molecule has 0 atom stereocenters. The van der Waals surface area contributed by atoms with E-state index in [9.17, 15) is 13.2 Å². The van der Waals surface area contributed by atoms with Gasteiger partial charge in [-0.05, 0) is 30.5 Å². The lowest BCUT2D eigenvalue weighted by Gasteiger charge is -2.13. The normalized spacial score (nSPS) is 12.4. The summed E-state index contributed by atoms with van der Waals surface area (Å²) in [6, 6.07) is 6.66. The van der Waals surface area contributed by atoms with Crippen LogP contribution in [0.25, 0.3) is 0 Å². The average Bonchev–Trinajstić information content (AvgIpc) is 2.35. The largest absolute Gasteiger partial charge is 0.457 e. The van der Waals surface area contributed by atoms with Crippen molar-refractivity contribution in [2.45, 2.75) is 12.6 Å². The molecule has 1 aromatic rings. The van der Waals surface area contributed by atoms with E-state index in [0.29, 0.717) is 0 Å². The molecule has 0 aliphatic rings. The molecule has 0 bridgehead atoms. The maximum atomic E-state index is 12.7. The Morgan fingerprint density at radius 3 is 2.63 bits per heavy atom. The SMILES string of the molecule is N#CC/C=C(\C=C/N)Oc1ccccc1C(F)(F)F. The fraction of sp³-hybridized carbons (Fsp3) is 0.154. The van der Waals surface area contributed by atoms with E-state index in [-0.39, 0.29) is 17.9 Å². The molecular weight excluding hydrogens is 257 g/mol. The van der Waals surface area contributed by atoms with Crippen molar-refractivity contribution < 1.29 is 17.9 Å². The zero-order valence-corrected chi connectivity index (χ0v) is 9.82. The van der Waals surface area contributed by atoms with Gasteiger partial charge in [0.05, 0.1) is 18.1 Å². The summed E-state index contributed by atoms with van der Waals surface area (Å²) in [7, 11) is 0. The van der Waals surface area contributed by atoms with Gasteiger partial charge < -0.3 is 10.5 Å². The quantitative estimate of drug-likeness (QED) is 0.673. The highest BCUT2D eigenvalue weighted by Crippen LogP contribution is 2.36. The van der Waals surface area contributed by atoms with E-state index in [1.54, 1.807) is 0 Å². The van der Waals surface area contributed by atoms with Crippen LogP contribution in [0.5, 0.6) is 5.75 Å². The predicted molar refractivity (Wildman–Crippen MR) is 63.7 cm³/mol. The summed E-state index contributed by atoms with van der Waals surface area (Å²) in [5.41, 5.74) is 4.29. The van der Waals surface area contributed by atoms with Gasteiger partial charge in [0, 0.05) is 0 Å². The summed E-state index contributed by atoms with van der Waals surface area (Å²) in [5.74, 6) is -0.252. The zero-order valence-electron chi connectivity index (χ0n) is 9.82. The summed E-state index contributed by atoms with van der Waals surface area (Å²) in [6.07, 6.45) is -0.752. The van der Waals surface area contributed by atoms with E-state index in [4.69, 9.17) is 15.7 Å². The lowest BCUT2D eigenvalue weighted by Crippen LogP contribution is -2.08. The molecular formula is C13H11F3N2O. The monoisotopic (exact) mass is 268 g/mol. The second-order valence-electron chi connectivity index (χ2n) is 3.42. The van der Waals surface area contributed by atoms with E-state index in [0.717, 1.165) is 12.3 Å². The van der Waals surface area contributed by atoms with Gasteiger partial charge in [-0.15, -0.1) is 0 Å². The molecule has 0 radical (unpaired) electrons. The fourth-order valence-electron chi connectivity index (χ4n) is 1.30. The summed E-state index contributed by atoms with van der Waals surface area (Å²) in [4.78, 5) is 0. The second-order valence-corrected chi connectivity index (χ2v) is 3.42. The van der Waals surface area contributed by atoms with Gasteiger partial charge in [-0.2, -0.15) is 18.4 Å². The first-order chi connectivity index (χ1) is 8.99. The minimum atomic E-state index is -4.51. The van der Waals surface area contributed by atoms with Crippen molar-refractivity contribution in [1.82, 2.24) is 0 Å². The number of alkyl halides is 3. The van der Waals surface area contributed by atoms with Crippen LogP contribution in [0, 0.1) is 11.3 Å². The van der Waals surface area contributed by atoms with E-state index in [1.165, 1.54) is 30.4 Å². The molecule has 0 heterocycles. The molecule has 0 fully saturated rings. The molecule has 0 spiro atoms. The van der Waals surface area contributed by atoms with E-state index >= 15 is 0 Å². The first-order valence-electron chi connectivity index (χ1n) is 5.28. The van der Waals surface area contributed by atoms with Crippen LogP contribution in [0.2, 0.25) is 0 Å². The molecule has 0 unspecified atom stereocenters. The number of hydrogen-bond donors (Lipinski definition) is 1. The third-order valence-corrected chi connectivity index (χ3v) is 2.08. The fourth-order valence-corrected chi connectivity index (χ4v) is 1.30. The Kier molecular flexibility index (Phi) is 5.01. The number of rotatable bonds is 4. The Bertz CT molecular complexity index is 527. The summed E-state index contributed by atoms with van der Waals surface area (Å²) < 4.78 is 43.4. The lowest BCUT2D eigenvalue weighted by atomic mass is 10.2. The molecule has 0 aliphatic carbocycles. The number of hydrogen-bond acceptors (Lipinski definition) is 3. The molecule has 0 saturated heterocycles. The lowest BCUT2D eigenvalue weighted by molar-refractivity contribution is -0.138. The van der Waals surface area contributed by atoms with E-state index in [1.807, 2.05) is 6.07 Å². The highest BCUT2D eigenvalue weighted by Gasteiger charge is 2.34. The van der Waals surface area contributed by atoms with Crippen molar-refractivity contribution in [3.05, 3.63) is 53.9 Å². The molecule has 19 heavy (non-hydrogen) atoms. The van der Waals surface area contributed by atoms with E-state index < -0.39 is 11.7 Å². The number of para-hydroxylation sites is 1. The second kappa shape index (κ2) is 6.50. The molecule has 0 aromatic heterocycles. The molecule has 0 saturated carbocycles. The number of nitriles is 1. The number of halogens is 3. The Balaban J connectivity index is 3.07. The van der Waals surface area contributed by atoms with Crippen molar-refractivity contribution in [2.75, 3.05) is 0 Å². The molecule has 0 amide bonds. The van der Waals surface area contributed by atoms with Crippen molar-refractivity contribution in [3.63, 3.8) is 0 Å². The smallest absolute Gasteiger partial charge is 0.419 e. The van der Waals surface area contributed by atoms with Crippen LogP contribution in [0.1, 0.15) is 12.0 Å². The highest BCUT2D eigenvalue weighted by molar-refractivity contribution is 5.37. The number of ether oxygens (including phenoxy) is 1. The molecule has 0 aliphatic heterocycles. The number of benzene rings is 1. The summed E-state index contributed by atoms with van der Waals surface area (Å²) in [6.45, 7) is 0. The maximum Gasteiger partial charge on any atom is 0.419 e. The van der Waals surface area contributed by atoms with Crippen LogP contribution in [-0.4, -0.2) is 0 Å². The first-order valence-corrected chi connectivity index (χ1v) is 5.28. The Morgan fingerprint density at radius 1 is 1.37 bits per heavy atom. The number of nitrogens with two attached hydrogens (primary N) is 1. The molecule has 1 aromatic carbocycles. The van der Waals surface area contributed by atoms with Gasteiger partial charge in [0.1, 0.15) is 11.5 Å². The van der Waals surface area contributed by atoms with Crippen LogP contribution >= 0.6 is 0 Å². The first kappa shape index (κ1) is 14.6. The minimum absolute atomic E-state index is 0.00780. The average molecular weight is 268 g/mol. The zero-order chi connectivity index (χ0) is 14.3. The number of allylic oxidation sites excluding steroid dienone is 2. The Labute approximate surface area is 108 Å². The van der Waals surface area contributed by atoms with Gasteiger partial charge in [-0.25, -0.2) is 0 Å². The molecule has 6 heteroatoms. The van der Waals surface area contributed by atoms with Crippen LogP contribution in [0.15, 0.2) is 48.4 Å². The van der Waals surface area contributed by atoms with E-state index in [2.05, 4.69) is 0 Å². The number of nitrogens with zero attached hydrogens (tertiary/aromatic N) is 1. The highest BCUT2D eigenvalue weighted by atomic mass is 19.4. The van der Waals surface area contributed by atoms with Crippen LogP contribution in [0.3, 0.4) is 0 Å². The minimum Gasteiger partial charge on any atom is -0.457 e. The summed E-state index contributed by atoms with van der Waals surface area (Å²) in [5, 5.41) is 8.45. The van der Waals surface area contributed by atoms with Crippen LogP contribution < -0.4 is 10.5 Å². The van der Waals surface area contributed by atoms with Crippen molar-refractivity contribution in [1.29, 1.82) is 5.26 Å². The van der Waals surface area contributed by atoms with Gasteiger partial charge >= 0.3 is 6.18 Å². The van der Waals surface area contributed by atoms with Gasteiger partial charge in [-0.3, -0.25) is 0 Å². The van der Waals surface area contributed by atoms with Crippen LogP contribution in [0.4, 0.5) is 13.2 Å². The predicted octanol–water partition coefficient (Wildman–Crippen LogP) is 3.35. The molecule has 2 N–H and O–H groups in total. The standard InChI is InChI=1S/C13H11F3N2O/c14-13(15,16)11-5-1-2-6-12(11)19-10(7-9-18)4-3-8-17/h1-2,4-7,9H,3,18H2/b9-7-,10-4+. The Morgan fingerprint density at radius 2 is 2.05 bits per heavy atom. The third kappa shape index (κ3) is 4.39. The van der Waals surface area contributed by atoms with Crippen molar-refractivity contribution in [3.8, 4) is 11.8 Å². The molecule has 1 rings (SSSR count). The maximum absolute atomic E-state index is 12.7. The van der Waals surface area contributed by atoms with Gasteiger partial charge in [0.15, 0.2) is 0 Å². The van der Waals surface area contributed by atoms with Crippen LogP contribution in [-0.2, 0) is 6.18 Å². The van der Waals surface area contributed by atoms with Crippen molar-refractivity contribution in [2.24, 2.45) is 5.73 Å². The Hall–Kier alpha value is -2.42.